The highest BCUT2D eigenvalue weighted by atomic mass is 16.5. The van der Waals surface area contributed by atoms with E-state index in [0.29, 0.717) is 0 Å². The maximum Gasteiger partial charge on any atom is 0.170 e. The van der Waals surface area contributed by atoms with Crippen LogP contribution in [0.15, 0.2) is 220 Å². The topological polar surface area (TPSA) is 59.1 Å². The Bertz CT molecular complexity index is 3430. The van der Waals surface area contributed by atoms with Crippen molar-refractivity contribution in [2.75, 3.05) is 0 Å². The van der Waals surface area contributed by atoms with Crippen LogP contribution in [-0.4, -0.2) is 11.7 Å². The van der Waals surface area contributed by atoms with Crippen molar-refractivity contribution in [1.82, 2.24) is 5.32 Å². The molecule has 0 radical (unpaired) electrons. The fourth-order valence-corrected chi connectivity index (χ4v) is 10.5. The number of allylic oxidation sites excluding steroid dienone is 3. The number of benzene rings is 8. The largest absolute Gasteiger partial charge is 0.457 e. The molecular weight excluding hydrogens is 771 g/mol. The average Bonchev–Trinajstić information content (AvgIpc) is 3.88. The van der Waals surface area contributed by atoms with E-state index in [9.17, 15) is 0 Å². The van der Waals surface area contributed by atoms with E-state index in [1.807, 2.05) is 12.1 Å². The number of furan rings is 1. The zero-order chi connectivity index (χ0) is 41.5. The van der Waals surface area contributed by atoms with Gasteiger partial charge >= 0.3 is 0 Å². The fraction of sp³-hybridized carbons (Fsp3) is 0.0690. The second-order valence-corrected chi connectivity index (χ2v) is 16.7. The summed E-state index contributed by atoms with van der Waals surface area (Å²) in [4.78, 5) is 10.7. The Morgan fingerprint density at radius 3 is 1.95 bits per heavy atom. The number of nitrogens with zero attached hydrogens (tertiary/aromatic N) is 2. The Morgan fingerprint density at radius 1 is 0.508 bits per heavy atom. The summed E-state index contributed by atoms with van der Waals surface area (Å²) in [5, 5.41) is 5.90. The summed E-state index contributed by atoms with van der Waals surface area (Å²) in [5.41, 5.74) is 16.1. The molecule has 1 atom stereocenters. The molecule has 8 aromatic carbocycles. The second-order valence-electron chi connectivity index (χ2n) is 16.7. The molecule has 9 aromatic rings. The van der Waals surface area contributed by atoms with Gasteiger partial charge in [0.25, 0.3) is 0 Å². The molecule has 1 N–H and O–H groups in total. The Kier molecular flexibility index (Phi) is 7.94. The summed E-state index contributed by atoms with van der Waals surface area (Å²) in [6.45, 7) is 0. The van der Waals surface area contributed by atoms with Crippen molar-refractivity contribution in [1.29, 1.82) is 0 Å². The van der Waals surface area contributed by atoms with Crippen molar-refractivity contribution in [3.05, 3.63) is 239 Å². The first-order valence-corrected chi connectivity index (χ1v) is 21.7. The molecule has 13 rings (SSSR count). The third kappa shape index (κ3) is 5.42. The highest BCUT2D eigenvalue weighted by molar-refractivity contribution is 6.16. The number of hydrogen-bond donors (Lipinski definition) is 1. The Morgan fingerprint density at radius 2 is 1.14 bits per heavy atom. The van der Waals surface area contributed by atoms with E-state index in [-0.39, 0.29) is 0 Å². The number of aliphatic imine (C=N–C) groups is 2. The van der Waals surface area contributed by atoms with Gasteiger partial charge in [-0.15, -0.1) is 0 Å². The predicted octanol–water partition coefficient (Wildman–Crippen LogP) is 14.1. The lowest BCUT2D eigenvalue weighted by atomic mass is 9.66. The summed E-state index contributed by atoms with van der Waals surface area (Å²) < 4.78 is 13.3. The second kappa shape index (κ2) is 14.0. The maximum absolute atomic E-state index is 6.91. The Balaban J connectivity index is 0.919. The quantitative estimate of drug-likeness (QED) is 0.188. The van der Waals surface area contributed by atoms with E-state index in [2.05, 4.69) is 193 Å². The zero-order valence-electron chi connectivity index (χ0n) is 34.3. The van der Waals surface area contributed by atoms with Crippen molar-refractivity contribution >= 4 is 33.6 Å². The lowest BCUT2D eigenvalue weighted by molar-refractivity contribution is 0.436. The SMILES string of the molecule is C1=CCCC(C2=NC(c3ccccc3-c3ccc4c(c3)Oc3ccccc3C43c4ccccc4-c4ccccc43)N=C(c3ccc(-c4cccc5c4oc4ccccc45)cc3)N2)=C1. The molecule has 5 nitrogen and oxygen atoms in total. The molecule has 3 heterocycles. The van der Waals surface area contributed by atoms with E-state index in [1.165, 1.54) is 27.8 Å². The van der Waals surface area contributed by atoms with Crippen molar-refractivity contribution < 1.29 is 9.15 Å². The molecule has 5 heteroatoms. The lowest BCUT2D eigenvalue weighted by Gasteiger charge is -2.39. The van der Waals surface area contributed by atoms with E-state index >= 15 is 0 Å². The van der Waals surface area contributed by atoms with Gasteiger partial charge in [0, 0.05) is 38.6 Å². The standard InChI is InChI=1S/C58H39N3O2/c1-2-15-37(16-3-1)55-59-56(38-31-29-36(30-32-38)41-22-14-23-45-44-20-8-12-27-51(44)63-54(41)45)61-57(60-55)46-21-5-4-17-40(46)39-33-34-50-53(35-39)62-52-28-13-11-26-49(52)58(50)47-24-9-6-18-42(47)43-19-7-10-25-48(43)58/h1-2,4-15,17-35,57H,3,16H2,(H,59,60,61). The highest BCUT2D eigenvalue weighted by Gasteiger charge is 2.51. The van der Waals surface area contributed by atoms with Crippen molar-refractivity contribution in [2.24, 2.45) is 9.98 Å². The van der Waals surface area contributed by atoms with Crippen LogP contribution in [0.2, 0.25) is 0 Å². The highest BCUT2D eigenvalue weighted by Crippen LogP contribution is 2.62. The summed E-state index contributed by atoms with van der Waals surface area (Å²) in [5.74, 6) is 3.36. The van der Waals surface area contributed by atoms with Crippen LogP contribution in [0, 0.1) is 0 Å². The monoisotopic (exact) mass is 809 g/mol. The van der Waals surface area contributed by atoms with Gasteiger partial charge in [-0.2, -0.15) is 0 Å². The third-order valence-corrected chi connectivity index (χ3v) is 13.3. The molecule has 0 amide bonds. The minimum Gasteiger partial charge on any atom is -0.457 e. The van der Waals surface area contributed by atoms with Crippen LogP contribution in [-0.2, 0) is 5.41 Å². The zero-order valence-corrected chi connectivity index (χ0v) is 34.3. The Hall–Kier alpha value is -8.02. The summed E-state index contributed by atoms with van der Waals surface area (Å²) in [7, 11) is 0. The molecule has 1 spiro atoms. The fourth-order valence-electron chi connectivity index (χ4n) is 10.5. The number of fused-ring (bicyclic) bond motifs is 12. The first kappa shape index (κ1) is 35.7. The molecule has 0 fully saturated rings. The van der Waals surface area contributed by atoms with Gasteiger partial charge in [0.1, 0.15) is 34.3 Å². The third-order valence-electron chi connectivity index (χ3n) is 13.3. The first-order chi connectivity index (χ1) is 31.2. The molecule has 0 saturated carbocycles. The molecule has 0 bridgehead atoms. The maximum atomic E-state index is 6.91. The molecule has 298 valence electrons. The summed E-state index contributed by atoms with van der Waals surface area (Å²) >= 11 is 0. The number of hydrogen-bond acceptors (Lipinski definition) is 5. The van der Waals surface area contributed by atoms with Gasteiger partial charge in [-0.1, -0.05) is 182 Å². The van der Waals surface area contributed by atoms with Crippen LogP contribution in [0.1, 0.15) is 52.4 Å². The molecule has 63 heavy (non-hydrogen) atoms. The van der Waals surface area contributed by atoms with Crippen LogP contribution < -0.4 is 10.1 Å². The van der Waals surface area contributed by atoms with Gasteiger partial charge in [0.2, 0.25) is 0 Å². The number of para-hydroxylation sites is 3. The van der Waals surface area contributed by atoms with Crippen molar-refractivity contribution in [3.8, 4) is 44.9 Å². The Labute approximate surface area is 365 Å². The van der Waals surface area contributed by atoms with Gasteiger partial charge in [-0.3, -0.25) is 0 Å². The van der Waals surface area contributed by atoms with Crippen LogP contribution in [0.5, 0.6) is 11.5 Å². The van der Waals surface area contributed by atoms with Crippen LogP contribution in [0.4, 0.5) is 0 Å². The first-order valence-electron chi connectivity index (χ1n) is 21.7. The molecular formula is C58H39N3O2. The van der Waals surface area contributed by atoms with Gasteiger partial charge in [-0.05, 0) is 75.6 Å². The predicted molar refractivity (Wildman–Crippen MR) is 255 cm³/mol. The molecule has 2 aliphatic heterocycles. The number of ether oxygens (including phenoxy) is 1. The number of amidine groups is 2. The van der Waals surface area contributed by atoms with Gasteiger partial charge in [0.05, 0.1) is 5.41 Å². The normalized spacial score (nSPS) is 16.6. The smallest absolute Gasteiger partial charge is 0.170 e. The number of nitrogens with one attached hydrogen (secondary N) is 1. The lowest BCUT2D eigenvalue weighted by Crippen LogP contribution is -2.36. The minimum atomic E-state index is -0.515. The van der Waals surface area contributed by atoms with Gasteiger partial charge in [-0.25, -0.2) is 9.98 Å². The van der Waals surface area contributed by atoms with Crippen molar-refractivity contribution in [2.45, 2.75) is 24.4 Å². The summed E-state index contributed by atoms with van der Waals surface area (Å²) in [6.07, 6.45) is 7.90. The molecule has 1 unspecified atom stereocenters. The molecule has 2 aliphatic carbocycles. The molecule has 1 aromatic heterocycles. The average molecular weight is 810 g/mol. The van der Waals surface area contributed by atoms with E-state index < -0.39 is 11.6 Å². The van der Waals surface area contributed by atoms with Crippen LogP contribution in [0.3, 0.4) is 0 Å². The van der Waals surface area contributed by atoms with E-state index in [4.69, 9.17) is 19.1 Å². The van der Waals surface area contributed by atoms with Gasteiger partial charge < -0.3 is 14.5 Å². The molecule has 0 saturated heterocycles. The van der Waals surface area contributed by atoms with Crippen LogP contribution in [0.25, 0.3) is 55.3 Å². The van der Waals surface area contributed by atoms with Gasteiger partial charge in [0.15, 0.2) is 6.17 Å². The van der Waals surface area contributed by atoms with Crippen LogP contribution >= 0.6 is 0 Å². The minimum absolute atomic E-state index is 0.485. The number of rotatable bonds is 5. The van der Waals surface area contributed by atoms with E-state index in [0.717, 1.165) is 102 Å². The summed E-state index contributed by atoms with van der Waals surface area (Å²) in [6, 6.07) is 64.8. The molecule has 4 aliphatic rings. The van der Waals surface area contributed by atoms with E-state index in [1.54, 1.807) is 0 Å². The van der Waals surface area contributed by atoms with Crippen molar-refractivity contribution in [3.63, 3.8) is 0 Å².